The number of aliphatic hydroxyl groups is 6. The maximum absolute atomic E-state index is 12.2. The number of carbonyl (C=O) groups is 3. The maximum Gasteiger partial charge on any atom is 0.246 e. The van der Waals surface area contributed by atoms with E-state index in [2.05, 4.69) is 10.6 Å². The number of nitrogens with one attached hydrogen (secondary N) is 2. The highest BCUT2D eigenvalue weighted by molar-refractivity contribution is 5.87. The van der Waals surface area contributed by atoms with Gasteiger partial charge in [0.1, 0.15) is 43.7 Å². The Balaban J connectivity index is 1.34. The molecule has 9 atom stereocenters. The third kappa shape index (κ3) is 22.1. The van der Waals surface area contributed by atoms with Gasteiger partial charge in [-0.3, -0.25) is 14.4 Å². The smallest absolute Gasteiger partial charge is 0.246 e. The van der Waals surface area contributed by atoms with Crippen LogP contribution in [-0.4, -0.2) is 216 Å². The van der Waals surface area contributed by atoms with E-state index < -0.39 is 80.3 Å². The molecule has 2 fully saturated rings. The molecule has 2 aliphatic rings. The van der Waals surface area contributed by atoms with Crippen LogP contribution in [0.1, 0.15) is 32.1 Å². The number of rotatable bonds is 33. The number of nitrogens with two attached hydrogens (primary N) is 1. The van der Waals surface area contributed by atoms with E-state index in [1.807, 2.05) is 0 Å². The van der Waals surface area contributed by atoms with Gasteiger partial charge in [0.05, 0.1) is 105 Å². The normalized spacial score (nSPS) is 25.8. The van der Waals surface area contributed by atoms with E-state index in [1.54, 1.807) is 0 Å². The van der Waals surface area contributed by atoms with Crippen LogP contribution in [-0.2, 0) is 61.8 Å². The predicted molar refractivity (Wildman–Crippen MR) is 190 cm³/mol. The van der Waals surface area contributed by atoms with Crippen molar-refractivity contribution in [3.63, 3.8) is 0 Å². The molecule has 0 aromatic carbocycles. The van der Waals surface area contributed by atoms with Crippen molar-refractivity contribution in [3.05, 3.63) is 0 Å². The molecule has 0 aromatic rings. The molecule has 2 heterocycles. The van der Waals surface area contributed by atoms with Gasteiger partial charge in [0.15, 0.2) is 12.6 Å². The summed E-state index contributed by atoms with van der Waals surface area (Å²) in [5.41, 5.74) is 5.43. The van der Waals surface area contributed by atoms with Crippen LogP contribution >= 0.6 is 0 Å². The summed E-state index contributed by atoms with van der Waals surface area (Å²) in [5.74, 6) is -1.50. The Morgan fingerprint density at radius 3 is 1.45 bits per heavy atom. The van der Waals surface area contributed by atoms with Crippen molar-refractivity contribution in [2.45, 2.75) is 87.3 Å². The van der Waals surface area contributed by atoms with Crippen LogP contribution in [0.5, 0.6) is 0 Å². The number of ether oxygens (including phenoxy) is 10. The SMILES string of the molecule is NC(=O)[C@H](CCCCNC(=O)COCCOCCOCCO[C@H]1C[C@@H](O)[C@@H](O)[C@@H](CO)O1)NC(=O)COCCOCCOCCO[C@H]1C[C@@H](O)[C@@H](O)[C@@H](CO)O1. The molecular formula is C34H63N3O19. The fourth-order valence-corrected chi connectivity index (χ4v) is 5.31. The van der Waals surface area contributed by atoms with Crippen molar-refractivity contribution < 1.29 is 92.4 Å². The van der Waals surface area contributed by atoms with Crippen molar-refractivity contribution in [1.82, 2.24) is 10.6 Å². The van der Waals surface area contributed by atoms with Crippen molar-refractivity contribution in [3.8, 4) is 0 Å². The predicted octanol–water partition coefficient (Wildman–Crippen LogP) is -4.97. The number of aliphatic hydroxyl groups excluding tert-OH is 6. The zero-order valence-corrected chi connectivity index (χ0v) is 31.8. The summed E-state index contributed by atoms with van der Waals surface area (Å²) in [4.78, 5) is 36.0. The molecule has 0 saturated carbocycles. The topological polar surface area (TPSA) is 315 Å². The molecule has 0 aromatic heterocycles. The second kappa shape index (κ2) is 30.8. The summed E-state index contributed by atoms with van der Waals surface area (Å²) < 4.78 is 53.8. The number of hydrogen-bond acceptors (Lipinski definition) is 19. The first-order valence-electron chi connectivity index (χ1n) is 18.9. The molecule has 0 radical (unpaired) electrons. The molecule has 0 aliphatic carbocycles. The Morgan fingerprint density at radius 2 is 1.02 bits per heavy atom. The molecule has 2 saturated heterocycles. The summed E-state index contributed by atoms with van der Waals surface area (Å²) in [6.07, 6.45) is -6.24. The number of amides is 3. The van der Waals surface area contributed by atoms with E-state index in [0.717, 1.165) is 0 Å². The molecule has 2 rings (SSSR count). The van der Waals surface area contributed by atoms with Gasteiger partial charge in [-0.1, -0.05) is 0 Å². The molecule has 328 valence electrons. The summed E-state index contributed by atoms with van der Waals surface area (Å²) in [5, 5.41) is 62.6. The fourth-order valence-electron chi connectivity index (χ4n) is 5.31. The Bertz CT molecular complexity index is 1050. The van der Waals surface area contributed by atoms with Crippen molar-refractivity contribution in [1.29, 1.82) is 0 Å². The quantitative estimate of drug-likeness (QED) is 0.0280. The molecule has 10 N–H and O–H groups in total. The maximum atomic E-state index is 12.2. The standard InChI is InChI=1S/C34H63N3O19/c35-34(46)23(37-29(43)22-52-12-10-48-6-8-50-14-16-54-31-18-25(41)33(45)27(20-39)56-31)3-1-2-4-36-28(42)21-51-11-9-47-5-7-49-13-15-53-30-17-24(40)32(44)26(19-38)55-30/h23-27,30-33,38-41,44-45H,1-22H2,(H2,35,46)(H,36,42)(H,37,43)/t23-,24+,25+,26+,27+,30+,31+,32+,33+/m0/s1. The van der Waals surface area contributed by atoms with Gasteiger partial charge in [-0.05, 0) is 19.3 Å². The van der Waals surface area contributed by atoms with Crippen LogP contribution in [0, 0.1) is 0 Å². The lowest BCUT2D eigenvalue weighted by molar-refractivity contribution is -0.259. The lowest BCUT2D eigenvalue weighted by Crippen LogP contribution is -2.50. The molecular weight excluding hydrogens is 754 g/mol. The summed E-state index contributed by atoms with van der Waals surface area (Å²) in [6, 6.07) is -0.888. The molecule has 56 heavy (non-hydrogen) atoms. The lowest BCUT2D eigenvalue weighted by atomic mass is 10.0. The van der Waals surface area contributed by atoms with Crippen molar-refractivity contribution in [2.75, 3.05) is 112 Å². The van der Waals surface area contributed by atoms with E-state index in [4.69, 9.17) is 53.1 Å². The minimum absolute atomic E-state index is 0.0792. The molecule has 0 spiro atoms. The van der Waals surface area contributed by atoms with Gasteiger partial charge in [0.25, 0.3) is 0 Å². The highest BCUT2D eigenvalue weighted by Gasteiger charge is 2.37. The number of primary amides is 1. The average molecular weight is 818 g/mol. The highest BCUT2D eigenvalue weighted by Crippen LogP contribution is 2.22. The van der Waals surface area contributed by atoms with Gasteiger partial charge in [0, 0.05) is 19.4 Å². The first kappa shape index (κ1) is 49.9. The van der Waals surface area contributed by atoms with E-state index in [1.165, 1.54) is 0 Å². The van der Waals surface area contributed by atoms with Crippen molar-refractivity contribution in [2.24, 2.45) is 5.73 Å². The lowest BCUT2D eigenvalue weighted by Gasteiger charge is -2.35. The van der Waals surface area contributed by atoms with Crippen molar-refractivity contribution >= 4 is 17.7 Å². The van der Waals surface area contributed by atoms with Gasteiger partial charge in [-0.15, -0.1) is 0 Å². The number of hydrogen-bond donors (Lipinski definition) is 9. The Hall–Kier alpha value is -2.23. The summed E-state index contributed by atoms with van der Waals surface area (Å²) in [7, 11) is 0. The Morgan fingerprint density at radius 1 is 0.607 bits per heavy atom. The first-order chi connectivity index (χ1) is 27.0. The largest absolute Gasteiger partial charge is 0.394 e. The summed E-state index contributed by atoms with van der Waals surface area (Å²) in [6.45, 7) is 1.81. The van der Waals surface area contributed by atoms with Crippen LogP contribution in [0.2, 0.25) is 0 Å². The van der Waals surface area contributed by atoms with Gasteiger partial charge in [0.2, 0.25) is 17.7 Å². The third-order valence-electron chi connectivity index (χ3n) is 8.37. The van der Waals surface area contributed by atoms with Crippen LogP contribution in [0.15, 0.2) is 0 Å². The third-order valence-corrected chi connectivity index (χ3v) is 8.37. The fraction of sp³-hybridized carbons (Fsp3) is 0.912. The zero-order chi connectivity index (χ0) is 41.0. The molecule has 0 bridgehead atoms. The van der Waals surface area contributed by atoms with E-state index in [0.29, 0.717) is 32.6 Å². The van der Waals surface area contributed by atoms with Crippen LogP contribution in [0.4, 0.5) is 0 Å². The number of unbranched alkanes of at least 4 members (excludes halogenated alkanes) is 1. The average Bonchev–Trinajstić information content (AvgIpc) is 3.17. The van der Waals surface area contributed by atoms with Crippen LogP contribution in [0.3, 0.4) is 0 Å². The van der Waals surface area contributed by atoms with E-state index in [9.17, 15) is 45.0 Å². The highest BCUT2D eigenvalue weighted by atomic mass is 16.7. The van der Waals surface area contributed by atoms with E-state index >= 15 is 0 Å². The second-order valence-corrected chi connectivity index (χ2v) is 12.8. The van der Waals surface area contributed by atoms with Crippen LogP contribution in [0.25, 0.3) is 0 Å². The van der Waals surface area contributed by atoms with Gasteiger partial charge in [-0.2, -0.15) is 0 Å². The molecule has 22 heteroatoms. The van der Waals surface area contributed by atoms with Gasteiger partial charge in [-0.25, -0.2) is 0 Å². The van der Waals surface area contributed by atoms with Crippen LogP contribution < -0.4 is 16.4 Å². The minimum Gasteiger partial charge on any atom is -0.394 e. The molecule has 2 aliphatic heterocycles. The minimum atomic E-state index is -1.17. The zero-order valence-electron chi connectivity index (χ0n) is 31.8. The monoisotopic (exact) mass is 817 g/mol. The second-order valence-electron chi connectivity index (χ2n) is 12.8. The van der Waals surface area contributed by atoms with Gasteiger partial charge < -0.3 is 94.4 Å². The van der Waals surface area contributed by atoms with Gasteiger partial charge >= 0.3 is 0 Å². The molecule has 3 amide bonds. The Kier molecular flexibility index (Phi) is 27.4. The Labute approximate surface area is 326 Å². The molecule has 0 unspecified atom stereocenters. The number of carbonyl (C=O) groups excluding carboxylic acids is 3. The molecule has 22 nitrogen and oxygen atoms in total. The first-order valence-corrected chi connectivity index (χ1v) is 18.9. The summed E-state index contributed by atoms with van der Waals surface area (Å²) >= 11 is 0. The van der Waals surface area contributed by atoms with E-state index in [-0.39, 0.29) is 104 Å².